The Kier molecular flexibility index (Phi) is 8.53. The fourth-order valence-corrected chi connectivity index (χ4v) is 2.43. The van der Waals surface area contributed by atoms with Crippen molar-refractivity contribution in [3.05, 3.63) is 36.2 Å². The summed E-state index contributed by atoms with van der Waals surface area (Å²) in [5.74, 6) is 0.738. The second kappa shape index (κ2) is 9.02. The first-order valence-electron chi connectivity index (χ1n) is 7.40. The van der Waals surface area contributed by atoms with Crippen LogP contribution in [0.5, 0.6) is 0 Å². The molecule has 0 spiro atoms. The molecule has 0 aromatic rings. The molecular weight excluding hydrogens is 218 g/mol. The summed E-state index contributed by atoms with van der Waals surface area (Å²) in [7, 11) is 0. The predicted octanol–water partition coefficient (Wildman–Crippen LogP) is 5.52. The number of nitrogens with zero attached hydrogens (tertiary/aromatic N) is 1. The van der Waals surface area contributed by atoms with Gasteiger partial charge in [-0.3, -0.25) is 0 Å². The van der Waals surface area contributed by atoms with Gasteiger partial charge in [0.1, 0.15) is 0 Å². The lowest BCUT2D eigenvalue weighted by molar-refractivity contribution is 0.264. The minimum absolute atomic E-state index is 0.507. The van der Waals surface area contributed by atoms with Gasteiger partial charge < -0.3 is 4.90 Å². The average Bonchev–Trinajstić information content (AvgIpc) is 2.37. The summed E-state index contributed by atoms with van der Waals surface area (Å²) in [4.78, 5) is 2.32. The Balaban J connectivity index is 0.00000137. The fourth-order valence-electron chi connectivity index (χ4n) is 2.43. The first-order chi connectivity index (χ1) is 8.60. The van der Waals surface area contributed by atoms with Crippen molar-refractivity contribution in [2.75, 3.05) is 0 Å². The van der Waals surface area contributed by atoms with Crippen molar-refractivity contribution in [2.45, 2.75) is 66.8 Å². The highest BCUT2D eigenvalue weighted by Gasteiger charge is 2.24. The number of hydrogen-bond acceptors (Lipinski definition) is 1. The van der Waals surface area contributed by atoms with Gasteiger partial charge in [-0.15, -0.1) is 0 Å². The maximum absolute atomic E-state index is 4.08. The van der Waals surface area contributed by atoms with Crippen molar-refractivity contribution in [3.63, 3.8) is 0 Å². The van der Waals surface area contributed by atoms with Gasteiger partial charge in [-0.05, 0) is 32.3 Å². The van der Waals surface area contributed by atoms with Gasteiger partial charge in [0.05, 0.1) is 6.04 Å². The van der Waals surface area contributed by atoms with Crippen molar-refractivity contribution >= 4 is 0 Å². The molecule has 1 aliphatic rings. The highest BCUT2D eigenvalue weighted by molar-refractivity contribution is 5.26. The van der Waals surface area contributed by atoms with E-state index in [-0.39, 0.29) is 0 Å². The molecule has 0 aromatic carbocycles. The lowest BCUT2D eigenvalue weighted by Crippen LogP contribution is -2.35. The Morgan fingerprint density at radius 3 is 2.44 bits per heavy atom. The van der Waals surface area contributed by atoms with E-state index in [1.54, 1.807) is 0 Å². The molecule has 0 saturated heterocycles. The second-order valence-electron chi connectivity index (χ2n) is 4.82. The normalized spacial score (nSPS) is 19.8. The first-order valence-corrected chi connectivity index (χ1v) is 7.40. The Bertz CT molecular complexity index is 299. The van der Waals surface area contributed by atoms with Gasteiger partial charge in [0.15, 0.2) is 0 Å². The molecule has 1 heterocycles. The molecule has 18 heavy (non-hydrogen) atoms. The summed E-state index contributed by atoms with van der Waals surface area (Å²) in [6, 6.07) is 0.507. The summed E-state index contributed by atoms with van der Waals surface area (Å²) < 4.78 is 0. The van der Waals surface area contributed by atoms with Gasteiger partial charge >= 0.3 is 0 Å². The van der Waals surface area contributed by atoms with Crippen molar-refractivity contribution in [2.24, 2.45) is 5.92 Å². The predicted molar refractivity (Wildman–Crippen MR) is 83.4 cm³/mol. The quantitative estimate of drug-likeness (QED) is 0.620. The van der Waals surface area contributed by atoms with E-state index in [4.69, 9.17) is 0 Å². The summed E-state index contributed by atoms with van der Waals surface area (Å²) in [5, 5.41) is 0. The van der Waals surface area contributed by atoms with E-state index in [1.807, 2.05) is 13.8 Å². The van der Waals surface area contributed by atoms with Crippen LogP contribution in [0.25, 0.3) is 0 Å². The van der Waals surface area contributed by atoms with Crippen LogP contribution >= 0.6 is 0 Å². The van der Waals surface area contributed by atoms with Crippen LogP contribution < -0.4 is 0 Å². The van der Waals surface area contributed by atoms with Crippen LogP contribution in [-0.2, 0) is 0 Å². The van der Waals surface area contributed by atoms with Crippen LogP contribution in [0.15, 0.2) is 36.2 Å². The zero-order chi connectivity index (χ0) is 14.1. The van der Waals surface area contributed by atoms with Gasteiger partial charge in [-0.2, -0.15) is 0 Å². The maximum atomic E-state index is 4.08. The average molecular weight is 249 g/mol. The summed E-state index contributed by atoms with van der Waals surface area (Å²) in [5.41, 5.74) is 2.51. The molecule has 0 aliphatic carbocycles. The maximum Gasteiger partial charge on any atom is 0.0546 e. The van der Waals surface area contributed by atoms with Gasteiger partial charge in [-0.1, -0.05) is 58.8 Å². The van der Waals surface area contributed by atoms with Crippen LogP contribution in [0, 0.1) is 5.92 Å². The molecule has 0 aromatic heterocycles. The molecule has 0 fully saturated rings. The second-order valence-corrected chi connectivity index (χ2v) is 4.82. The van der Waals surface area contributed by atoms with Crippen LogP contribution in [0.1, 0.15) is 60.8 Å². The van der Waals surface area contributed by atoms with E-state index in [9.17, 15) is 0 Å². The molecule has 1 aliphatic heterocycles. The molecule has 0 N–H and O–H groups in total. The zero-order valence-corrected chi connectivity index (χ0v) is 13.2. The highest BCUT2D eigenvalue weighted by Crippen LogP contribution is 2.28. The van der Waals surface area contributed by atoms with Gasteiger partial charge in [0, 0.05) is 11.9 Å². The molecule has 1 nitrogen and oxygen atoms in total. The summed E-state index contributed by atoms with van der Waals surface area (Å²) in [6.07, 6.45) is 10.5. The van der Waals surface area contributed by atoms with Crippen LogP contribution in [0.3, 0.4) is 0 Å². The van der Waals surface area contributed by atoms with E-state index in [0.29, 0.717) is 6.04 Å². The SMILES string of the molecule is C=C(C)N1C=CC(C)=CC1C(CC)CCC.CC. The van der Waals surface area contributed by atoms with E-state index >= 15 is 0 Å². The number of allylic oxidation sites excluding steroid dienone is 3. The Morgan fingerprint density at radius 1 is 1.39 bits per heavy atom. The van der Waals surface area contributed by atoms with E-state index in [2.05, 4.69) is 57.5 Å². The minimum atomic E-state index is 0.507. The van der Waals surface area contributed by atoms with Crippen molar-refractivity contribution in [1.82, 2.24) is 4.90 Å². The highest BCUT2D eigenvalue weighted by atomic mass is 15.2. The van der Waals surface area contributed by atoms with Crippen LogP contribution in [0.4, 0.5) is 0 Å². The molecule has 0 radical (unpaired) electrons. The Labute approximate surface area is 114 Å². The van der Waals surface area contributed by atoms with Crippen molar-refractivity contribution in [3.8, 4) is 0 Å². The van der Waals surface area contributed by atoms with E-state index in [0.717, 1.165) is 11.6 Å². The lowest BCUT2D eigenvalue weighted by atomic mass is 9.88. The largest absolute Gasteiger partial charge is 0.345 e. The molecule has 0 saturated carbocycles. The molecule has 1 heteroatoms. The first kappa shape index (κ1) is 17.0. The summed E-state index contributed by atoms with van der Waals surface area (Å²) in [6.45, 7) is 16.9. The number of hydrogen-bond donors (Lipinski definition) is 0. The summed E-state index contributed by atoms with van der Waals surface area (Å²) >= 11 is 0. The minimum Gasteiger partial charge on any atom is -0.345 e. The molecule has 2 unspecified atom stereocenters. The molecular formula is C17H31N. The van der Waals surface area contributed by atoms with Crippen molar-refractivity contribution < 1.29 is 0 Å². The third kappa shape index (κ3) is 4.72. The van der Waals surface area contributed by atoms with Gasteiger partial charge in [-0.25, -0.2) is 0 Å². The third-order valence-electron chi connectivity index (χ3n) is 3.36. The molecule has 104 valence electrons. The van der Waals surface area contributed by atoms with Crippen molar-refractivity contribution in [1.29, 1.82) is 0 Å². The Morgan fingerprint density at radius 2 is 2.00 bits per heavy atom. The Hall–Kier alpha value is -0.980. The molecule has 2 atom stereocenters. The van der Waals surface area contributed by atoms with Crippen LogP contribution in [-0.4, -0.2) is 10.9 Å². The molecule has 0 bridgehead atoms. The lowest BCUT2D eigenvalue weighted by Gasteiger charge is -2.37. The molecule has 0 amide bonds. The smallest absolute Gasteiger partial charge is 0.0546 e. The fraction of sp³-hybridized carbons (Fsp3) is 0.647. The van der Waals surface area contributed by atoms with Gasteiger partial charge in [0.2, 0.25) is 0 Å². The van der Waals surface area contributed by atoms with E-state index in [1.165, 1.54) is 24.8 Å². The van der Waals surface area contributed by atoms with E-state index < -0.39 is 0 Å². The zero-order valence-electron chi connectivity index (χ0n) is 13.2. The number of rotatable bonds is 5. The topological polar surface area (TPSA) is 3.24 Å². The third-order valence-corrected chi connectivity index (χ3v) is 3.36. The van der Waals surface area contributed by atoms with Gasteiger partial charge in [0.25, 0.3) is 0 Å². The molecule has 1 rings (SSSR count). The van der Waals surface area contributed by atoms with Crippen LogP contribution in [0.2, 0.25) is 0 Å². The monoisotopic (exact) mass is 249 g/mol. The standard InChI is InChI=1S/C15H25N.C2H6/c1-6-8-14(7-2)15-11-13(5)9-10-16(15)12(3)4;1-2/h9-11,14-15H,3,6-8H2,1-2,4-5H3;1-2H3.